The zero-order valence-corrected chi connectivity index (χ0v) is 11.1. The molecule has 0 bridgehead atoms. The average molecular weight is 273 g/mol. The lowest BCUT2D eigenvalue weighted by Crippen LogP contribution is -2.19. The second kappa shape index (κ2) is 4.18. The van der Waals surface area contributed by atoms with Gasteiger partial charge in [0.2, 0.25) is 5.28 Å². The van der Waals surface area contributed by atoms with Crippen LogP contribution in [0.15, 0.2) is 24.3 Å². The summed E-state index contributed by atoms with van der Waals surface area (Å²) in [5, 5.41) is 3.65. The van der Waals surface area contributed by atoms with Crippen molar-refractivity contribution in [2.24, 2.45) is 0 Å². The number of nitrogens with zero attached hydrogens (tertiary/aromatic N) is 3. The van der Waals surface area contributed by atoms with Gasteiger partial charge in [-0.15, -0.1) is 0 Å². The van der Waals surface area contributed by atoms with E-state index in [0.29, 0.717) is 5.28 Å². The van der Waals surface area contributed by atoms with Crippen molar-refractivity contribution >= 4 is 17.4 Å². The van der Waals surface area contributed by atoms with E-state index in [1.165, 1.54) is 16.7 Å². The van der Waals surface area contributed by atoms with Crippen LogP contribution in [0, 0.1) is 0 Å². The van der Waals surface area contributed by atoms with Crippen LogP contribution >= 0.6 is 11.6 Å². The summed E-state index contributed by atoms with van der Waals surface area (Å²) in [6.07, 6.45) is 0. The maximum Gasteiger partial charge on any atom is 0.224 e. The molecule has 1 aromatic heterocycles. The van der Waals surface area contributed by atoms with Crippen molar-refractivity contribution in [1.29, 1.82) is 0 Å². The zero-order chi connectivity index (χ0) is 12.8. The minimum absolute atomic E-state index is 0.341. The lowest BCUT2D eigenvalue weighted by atomic mass is 10.1. The van der Waals surface area contributed by atoms with Gasteiger partial charge in [-0.1, -0.05) is 24.3 Å². The van der Waals surface area contributed by atoms with Crippen molar-refractivity contribution in [3.05, 3.63) is 51.9 Å². The lowest BCUT2D eigenvalue weighted by Gasteiger charge is -2.19. The summed E-state index contributed by atoms with van der Waals surface area (Å²) in [6.45, 7) is 3.41. The molecule has 4 rings (SSSR count). The fourth-order valence-electron chi connectivity index (χ4n) is 2.87. The molecule has 0 saturated heterocycles. The van der Waals surface area contributed by atoms with Crippen LogP contribution in [0.3, 0.4) is 0 Å². The number of aromatic nitrogens is 2. The maximum absolute atomic E-state index is 6.04. The Morgan fingerprint density at radius 3 is 2.53 bits per heavy atom. The first kappa shape index (κ1) is 11.2. The Hall–Kier alpha value is -1.65. The molecule has 19 heavy (non-hydrogen) atoms. The van der Waals surface area contributed by atoms with Gasteiger partial charge in [0.1, 0.15) is 5.82 Å². The molecular formula is C14H13ClN4. The molecule has 4 nitrogen and oxygen atoms in total. The van der Waals surface area contributed by atoms with E-state index in [2.05, 4.69) is 44.5 Å². The Morgan fingerprint density at radius 2 is 1.79 bits per heavy atom. The average Bonchev–Trinajstić information content (AvgIpc) is 3.03. The van der Waals surface area contributed by atoms with Gasteiger partial charge < -0.3 is 10.2 Å². The third-order valence-electron chi connectivity index (χ3n) is 3.78. The van der Waals surface area contributed by atoms with Crippen molar-refractivity contribution in [3.8, 4) is 0 Å². The van der Waals surface area contributed by atoms with Crippen LogP contribution in [0.1, 0.15) is 22.4 Å². The highest BCUT2D eigenvalue weighted by atomic mass is 35.5. The van der Waals surface area contributed by atoms with Crippen molar-refractivity contribution in [2.75, 3.05) is 4.90 Å². The third kappa shape index (κ3) is 1.79. The molecule has 0 amide bonds. The number of nitrogens with one attached hydrogen (secondary N) is 1. The molecule has 3 heterocycles. The van der Waals surface area contributed by atoms with Gasteiger partial charge in [-0.25, -0.2) is 9.97 Å². The van der Waals surface area contributed by atoms with Gasteiger partial charge in [-0.3, -0.25) is 0 Å². The molecule has 0 spiro atoms. The van der Waals surface area contributed by atoms with E-state index in [9.17, 15) is 0 Å². The summed E-state index contributed by atoms with van der Waals surface area (Å²) in [6, 6.07) is 8.52. The summed E-state index contributed by atoms with van der Waals surface area (Å²) in [7, 11) is 0. The Balaban J connectivity index is 1.76. The number of hydrogen-bond acceptors (Lipinski definition) is 4. The molecule has 2 aliphatic heterocycles. The van der Waals surface area contributed by atoms with E-state index in [1.54, 1.807) is 0 Å². The van der Waals surface area contributed by atoms with E-state index < -0.39 is 0 Å². The van der Waals surface area contributed by atoms with Gasteiger partial charge >= 0.3 is 0 Å². The molecule has 0 saturated carbocycles. The monoisotopic (exact) mass is 272 g/mol. The molecular weight excluding hydrogens is 260 g/mol. The summed E-state index contributed by atoms with van der Waals surface area (Å²) in [5.74, 6) is 0.983. The van der Waals surface area contributed by atoms with Gasteiger partial charge in [0.15, 0.2) is 0 Å². The zero-order valence-electron chi connectivity index (χ0n) is 10.4. The van der Waals surface area contributed by atoms with Crippen LogP contribution in [0.25, 0.3) is 0 Å². The normalized spacial score (nSPS) is 16.6. The number of hydrogen-bond donors (Lipinski definition) is 1. The summed E-state index contributed by atoms with van der Waals surface area (Å²) in [4.78, 5) is 11.0. The number of fused-ring (bicyclic) bond motifs is 2. The molecule has 96 valence electrons. The first-order valence-corrected chi connectivity index (χ1v) is 6.77. The van der Waals surface area contributed by atoms with Crippen LogP contribution in [0.4, 0.5) is 5.82 Å². The van der Waals surface area contributed by atoms with E-state index in [0.717, 1.165) is 37.7 Å². The topological polar surface area (TPSA) is 41.1 Å². The quantitative estimate of drug-likeness (QED) is 0.809. The molecule has 1 N–H and O–H groups in total. The second-order valence-electron chi connectivity index (χ2n) is 4.97. The van der Waals surface area contributed by atoms with Crippen LogP contribution in [-0.2, 0) is 26.2 Å². The molecule has 0 unspecified atom stereocenters. The minimum Gasteiger partial charge on any atom is -0.348 e. The van der Waals surface area contributed by atoms with Crippen LogP contribution in [-0.4, -0.2) is 9.97 Å². The Bertz CT molecular complexity index is 631. The number of rotatable bonds is 1. The third-order valence-corrected chi connectivity index (χ3v) is 3.95. The van der Waals surface area contributed by atoms with Crippen molar-refractivity contribution in [1.82, 2.24) is 15.3 Å². The molecule has 0 aliphatic carbocycles. The summed E-state index contributed by atoms with van der Waals surface area (Å²) >= 11 is 6.04. The summed E-state index contributed by atoms with van der Waals surface area (Å²) in [5.41, 5.74) is 4.97. The molecule has 1 aromatic carbocycles. The van der Waals surface area contributed by atoms with Gasteiger partial charge in [-0.2, -0.15) is 0 Å². The van der Waals surface area contributed by atoms with E-state index in [4.69, 9.17) is 11.6 Å². The smallest absolute Gasteiger partial charge is 0.224 e. The van der Waals surface area contributed by atoms with E-state index in [1.807, 2.05) is 0 Å². The van der Waals surface area contributed by atoms with Crippen molar-refractivity contribution < 1.29 is 0 Å². The Kier molecular flexibility index (Phi) is 2.47. The second-order valence-corrected chi connectivity index (χ2v) is 5.31. The summed E-state index contributed by atoms with van der Waals surface area (Å²) < 4.78 is 0. The van der Waals surface area contributed by atoms with E-state index in [-0.39, 0.29) is 0 Å². The predicted molar refractivity (Wildman–Crippen MR) is 73.9 cm³/mol. The fourth-order valence-corrected chi connectivity index (χ4v) is 3.05. The number of benzene rings is 1. The maximum atomic E-state index is 6.04. The fraction of sp³-hybridized carbons (Fsp3) is 0.286. The largest absolute Gasteiger partial charge is 0.348 e. The number of anilines is 1. The van der Waals surface area contributed by atoms with Gasteiger partial charge in [-0.05, 0) is 22.7 Å². The van der Waals surface area contributed by atoms with Crippen LogP contribution in [0.5, 0.6) is 0 Å². The SMILES string of the molecule is Clc1nc2c(c(N3Cc4ccccc4C3)n1)CNC2. The van der Waals surface area contributed by atoms with Gasteiger partial charge in [0.05, 0.1) is 5.69 Å². The highest BCUT2D eigenvalue weighted by molar-refractivity contribution is 6.28. The van der Waals surface area contributed by atoms with Crippen molar-refractivity contribution in [3.63, 3.8) is 0 Å². The van der Waals surface area contributed by atoms with Crippen LogP contribution in [0.2, 0.25) is 5.28 Å². The molecule has 2 aromatic rings. The highest BCUT2D eigenvalue weighted by Crippen LogP contribution is 2.32. The van der Waals surface area contributed by atoms with Gasteiger partial charge in [0, 0.05) is 31.7 Å². The Labute approximate surface area is 116 Å². The molecule has 5 heteroatoms. The lowest BCUT2D eigenvalue weighted by molar-refractivity contribution is 0.755. The molecule has 0 radical (unpaired) electrons. The first-order valence-electron chi connectivity index (χ1n) is 6.39. The van der Waals surface area contributed by atoms with Crippen molar-refractivity contribution in [2.45, 2.75) is 26.2 Å². The van der Waals surface area contributed by atoms with Crippen LogP contribution < -0.4 is 10.2 Å². The molecule has 2 aliphatic rings. The minimum atomic E-state index is 0.341. The van der Waals surface area contributed by atoms with E-state index >= 15 is 0 Å². The Morgan fingerprint density at radius 1 is 1.05 bits per heavy atom. The number of halogens is 1. The predicted octanol–water partition coefficient (Wildman–Crippen LogP) is 2.25. The molecule has 0 fully saturated rings. The standard InChI is InChI=1S/C14H13ClN4/c15-14-17-12-6-16-5-11(12)13(18-14)19-7-9-3-1-2-4-10(9)8-19/h1-4,16H,5-8H2. The first-order chi connectivity index (χ1) is 9.31. The highest BCUT2D eigenvalue weighted by Gasteiger charge is 2.26. The van der Waals surface area contributed by atoms with Gasteiger partial charge in [0.25, 0.3) is 0 Å². The molecule has 0 atom stereocenters.